The molecule has 0 amide bonds. The molecule has 0 saturated carbocycles. The standard InChI is InChI=1S/C21H20N4O2/c1-27-18-11-14(9-10-17(18)26)20-16-8-4-6-13-5-2-3-7-15(13)19(16)24-21-22-12-23-25(20)21/h2-3,5,7,9-12,20,26H,4,6,8H2,1H3,(H,22,23,24)/t20-/m1/s1. The molecule has 0 fully saturated rings. The Morgan fingerprint density at radius 2 is 2.07 bits per heavy atom. The quantitative estimate of drug-likeness (QED) is 0.728. The molecular weight excluding hydrogens is 340 g/mol. The molecule has 0 radical (unpaired) electrons. The molecule has 2 aromatic carbocycles. The van der Waals surface area contributed by atoms with E-state index in [2.05, 4.69) is 39.7 Å². The fourth-order valence-corrected chi connectivity index (χ4v) is 4.17. The van der Waals surface area contributed by atoms with Gasteiger partial charge in [-0.05, 0) is 48.1 Å². The second-order valence-electron chi connectivity index (χ2n) is 6.90. The fourth-order valence-electron chi connectivity index (χ4n) is 4.17. The third-order valence-corrected chi connectivity index (χ3v) is 5.40. The maximum Gasteiger partial charge on any atom is 0.226 e. The zero-order valence-corrected chi connectivity index (χ0v) is 15.0. The van der Waals surface area contributed by atoms with Gasteiger partial charge >= 0.3 is 0 Å². The average molecular weight is 360 g/mol. The van der Waals surface area contributed by atoms with Crippen molar-refractivity contribution in [2.45, 2.75) is 25.3 Å². The van der Waals surface area contributed by atoms with Crippen LogP contribution < -0.4 is 10.1 Å². The average Bonchev–Trinajstić information content (AvgIpc) is 3.08. The lowest BCUT2D eigenvalue weighted by Gasteiger charge is -2.30. The molecule has 6 heteroatoms. The van der Waals surface area contributed by atoms with Crippen molar-refractivity contribution >= 4 is 11.6 Å². The third kappa shape index (κ3) is 2.48. The Morgan fingerprint density at radius 1 is 1.19 bits per heavy atom. The Hall–Kier alpha value is -3.28. The summed E-state index contributed by atoms with van der Waals surface area (Å²) in [5.41, 5.74) is 6.01. The summed E-state index contributed by atoms with van der Waals surface area (Å²) in [6, 6.07) is 14.0. The summed E-state index contributed by atoms with van der Waals surface area (Å²) in [5.74, 6) is 1.32. The summed E-state index contributed by atoms with van der Waals surface area (Å²) in [7, 11) is 1.56. The van der Waals surface area contributed by atoms with Crippen LogP contribution >= 0.6 is 0 Å². The number of aryl methyl sites for hydroxylation is 1. The van der Waals surface area contributed by atoms with Gasteiger partial charge in [0.25, 0.3) is 0 Å². The molecule has 2 heterocycles. The van der Waals surface area contributed by atoms with Crippen molar-refractivity contribution in [2.24, 2.45) is 0 Å². The molecule has 1 atom stereocenters. The number of phenolic OH excluding ortho intramolecular Hbond substituents is 1. The normalized spacial score (nSPS) is 18.0. The van der Waals surface area contributed by atoms with Crippen molar-refractivity contribution in [3.63, 3.8) is 0 Å². The van der Waals surface area contributed by atoms with Crippen LogP contribution in [0.15, 0.2) is 54.4 Å². The van der Waals surface area contributed by atoms with Gasteiger partial charge in [0, 0.05) is 5.56 Å². The summed E-state index contributed by atoms with van der Waals surface area (Å²) in [5, 5.41) is 18.0. The number of hydrogen-bond acceptors (Lipinski definition) is 5. The Balaban J connectivity index is 1.73. The summed E-state index contributed by atoms with van der Waals surface area (Å²) in [4.78, 5) is 4.41. The van der Waals surface area contributed by atoms with Gasteiger partial charge in [0.2, 0.25) is 5.95 Å². The number of nitrogens with zero attached hydrogens (tertiary/aromatic N) is 3. The minimum absolute atomic E-state index is 0.0839. The molecule has 0 unspecified atom stereocenters. The van der Waals surface area contributed by atoms with Crippen LogP contribution in [0.4, 0.5) is 5.95 Å². The molecule has 5 rings (SSSR count). The van der Waals surface area contributed by atoms with Gasteiger partial charge in [-0.1, -0.05) is 30.3 Å². The SMILES string of the molecule is COc1cc([C@@H]2C3=C(Nc4ncnn42)c2ccccc2CCC3)ccc1O. The van der Waals surface area contributed by atoms with Gasteiger partial charge in [-0.2, -0.15) is 10.1 Å². The first-order chi connectivity index (χ1) is 13.3. The van der Waals surface area contributed by atoms with Crippen LogP contribution in [0.3, 0.4) is 0 Å². The summed E-state index contributed by atoms with van der Waals surface area (Å²) < 4.78 is 7.25. The number of ether oxygens (including phenoxy) is 1. The number of anilines is 1. The molecule has 136 valence electrons. The molecule has 2 N–H and O–H groups in total. The molecule has 0 bridgehead atoms. The topological polar surface area (TPSA) is 72.2 Å². The number of hydrogen-bond donors (Lipinski definition) is 2. The van der Waals surface area contributed by atoms with Crippen LogP contribution in [-0.2, 0) is 6.42 Å². The van der Waals surface area contributed by atoms with Gasteiger partial charge in [0.15, 0.2) is 11.5 Å². The van der Waals surface area contributed by atoms with E-state index in [4.69, 9.17) is 4.74 Å². The molecule has 1 aliphatic heterocycles. The van der Waals surface area contributed by atoms with Crippen LogP contribution in [0.5, 0.6) is 11.5 Å². The number of phenols is 1. The van der Waals surface area contributed by atoms with Gasteiger partial charge in [-0.3, -0.25) is 0 Å². The van der Waals surface area contributed by atoms with E-state index in [9.17, 15) is 5.11 Å². The molecule has 27 heavy (non-hydrogen) atoms. The number of nitrogens with one attached hydrogen (secondary N) is 1. The highest BCUT2D eigenvalue weighted by Gasteiger charge is 2.33. The van der Waals surface area contributed by atoms with E-state index in [1.807, 2.05) is 16.8 Å². The maximum atomic E-state index is 10.0. The predicted octanol–water partition coefficient (Wildman–Crippen LogP) is 3.75. The number of fused-ring (bicyclic) bond motifs is 3. The van der Waals surface area contributed by atoms with Crippen molar-refractivity contribution in [2.75, 3.05) is 12.4 Å². The second-order valence-corrected chi connectivity index (χ2v) is 6.90. The molecular formula is C21H20N4O2. The number of rotatable bonds is 2. The first-order valence-corrected chi connectivity index (χ1v) is 9.11. The first kappa shape index (κ1) is 15.9. The molecule has 2 aliphatic rings. The molecule has 1 aromatic heterocycles. The van der Waals surface area contributed by atoms with Crippen molar-refractivity contribution in [3.8, 4) is 11.5 Å². The minimum atomic E-state index is -0.0839. The van der Waals surface area contributed by atoms with Gasteiger partial charge in [0.05, 0.1) is 12.8 Å². The van der Waals surface area contributed by atoms with E-state index >= 15 is 0 Å². The largest absolute Gasteiger partial charge is 0.504 e. The fraction of sp³-hybridized carbons (Fsp3) is 0.238. The lowest BCUT2D eigenvalue weighted by atomic mass is 9.91. The highest BCUT2D eigenvalue weighted by Crippen LogP contribution is 2.44. The van der Waals surface area contributed by atoms with Crippen LogP contribution in [-0.4, -0.2) is 27.0 Å². The van der Waals surface area contributed by atoms with E-state index in [1.54, 1.807) is 19.5 Å². The Labute approximate surface area is 157 Å². The monoisotopic (exact) mass is 360 g/mol. The first-order valence-electron chi connectivity index (χ1n) is 9.11. The summed E-state index contributed by atoms with van der Waals surface area (Å²) in [6.45, 7) is 0. The lowest BCUT2D eigenvalue weighted by molar-refractivity contribution is 0.372. The highest BCUT2D eigenvalue weighted by atomic mass is 16.5. The Morgan fingerprint density at radius 3 is 2.96 bits per heavy atom. The van der Waals surface area contributed by atoms with Gasteiger partial charge in [-0.15, -0.1) is 0 Å². The van der Waals surface area contributed by atoms with E-state index in [-0.39, 0.29) is 11.8 Å². The second kappa shape index (κ2) is 6.16. The zero-order valence-electron chi connectivity index (χ0n) is 15.0. The summed E-state index contributed by atoms with van der Waals surface area (Å²) in [6.07, 6.45) is 4.66. The minimum Gasteiger partial charge on any atom is -0.504 e. The Bertz CT molecular complexity index is 1050. The van der Waals surface area contributed by atoms with Gasteiger partial charge in [0.1, 0.15) is 12.4 Å². The van der Waals surface area contributed by atoms with E-state index < -0.39 is 0 Å². The molecule has 0 saturated heterocycles. The van der Waals surface area contributed by atoms with Crippen LogP contribution in [0.25, 0.3) is 5.70 Å². The van der Waals surface area contributed by atoms with Gasteiger partial charge < -0.3 is 15.2 Å². The van der Waals surface area contributed by atoms with E-state index in [0.717, 1.165) is 36.5 Å². The van der Waals surface area contributed by atoms with Crippen molar-refractivity contribution in [3.05, 3.63) is 71.1 Å². The molecule has 1 aliphatic carbocycles. The predicted molar refractivity (Wildman–Crippen MR) is 103 cm³/mol. The number of allylic oxidation sites excluding steroid dienone is 1. The van der Waals surface area contributed by atoms with Crippen molar-refractivity contribution in [1.29, 1.82) is 0 Å². The number of methoxy groups -OCH3 is 1. The summed E-state index contributed by atoms with van der Waals surface area (Å²) >= 11 is 0. The van der Waals surface area contributed by atoms with Crippen molar-refractivity contribution in [1.82, 2.24) is 14.8 Å². The number of aromatic nitrogens is 3. The Kier molecular flexibility index (Phi) is 3.63. The molecule has 3 aromatic rings. The van der Waals surface area contributed by atoms with E-state index in [1.165, 1.54) is 16.7 Å². The van der Waals surface area contributed by atoms with Gasteiger partial charge in [-0.25, -0.2) is 4.68 Å². The molecule has 6 nitrogen and oxygen atoms in total. The smallest absolute Gasteiger partial charge is 0.226 e. The maximum absolute atomic E-state index is 10.0. The zero-order chi connectivity index (χ0) is 18.4. The molecule has 0 spiro atoms. The van der Waals surface area contributed by atoms with E-state index in [0.29, 0.717) is 5.75 Å². The third-order valence-electron chi connectivity index (χ3n) is 5.40. The lowest BCUT2D eigenvalue weighted by Crippen LogP contribution is -2.25. The van der Waals surface area contributed by atoms with Crippen LogP contribution in [0.2, 0.25) is 0 Å². The van der Waals surface area contributed by atoms with Crippen LogP contribution in [0.1, 0.15) is 35.6 Å². The van der Waals surface area contributed by atoms with Crippen molar-refractivity contribution < 1.29 is 9.84 Å². The number of aromatic hydroxyl groups is 1. The highest BCUT2D eigenvalue weighted by molar-refractivity contribution is 5.82. The number of benzene rings is 2. The van der Waals surface area contributed by atoms with Crippen LogP contribution in [0, 0.1) is 0 Å².